The molecule has 2 heterocycles. The van der Waals surface area contributed by atoms with Crippen molar-refractivity contribution in [3.63, 3.8) is 0 Å². The lowest BCUT2D eigenvalue weighted by molar-refractivity contribution is -0.138. The van der Waals surface area contributed by atoms with Gasteiger partial charge < -0.3 is 10.0 Å². The third-order valence-electron chi connectivity index (χ3n) is 5.54. The van der Waals surface area contributed by atoms with Gasteiger partial charge in [0, 0.05) is 24.3 Å². The average Bonchev–Trinajstić information content (AvgIpc) is 3.20. The van der Waals surface area contributed by atoms with Crippen LogP contribution in [0, 0.1) is 0 Å². The van der Waals surface area contributed by atoms with E-state index in [0.717, 1.165) is 38.8 Å². The Morgan fingerprint density at radius 3 is 2.27 bits per heavy atom. The monoisotopic (exact) mass is 474 g/mol. The standard InChI is InChI=1S/C24H21F3N2O3S/c25-24(26,27)18-7-5-17(6-8-18)16-3-1-15(2-4-16)13-22(30)29-12-11-19-20(14-29)33-21(28-19)9-10-23(31)32/h1-8H,9-14H2,(H,31,32). The number of nitrogens with zero attached hydrogens (tertiary/aromatic N) is 2. The number of halogens is 3. The highest BCUT2D eigenvalue weighted by atomic mass is 32.1. The van der Waals surface area contributed by atoms with Crippen LogP contribution >= 0.6 is 11.3 Å². The summed E-state index contributed by atoms with van der Waals surface area (Å²) in [5.41, 5.74) is 2.54. The molecule has 0 radical (unpaired) electrons. The second-order valence-electron chi connectivity index (χ2n) is 7.89. The molecule has 0 atom stereocenters. The predicted molar refractivity (Wildman–Crippen MR) is 118 cm³/mol. The number of thiazole rings is 1. The van der Waals surface area contributed by atoms with Gasteiger partial charge in [-0.15, -0.1) is 11.3 Å². The molecule has 1 N–H and O–H groups in total. The van der Waals surface area contributed by atoms with Crippen molar-refractivity contribution in [3.05, 3.63) is 75.2 Å². The molecule has 0 aliphatic carbocycles. The first kappa shape index (κ1) is 23.0. The van der Waals surface area contributed by atoms with E-state index < -0.39 is 17.7 Å². The Kier molecular flexibility index (Phi) is 6.51. The largest absolute Gasteiger partial charge is 0.481 e. The number of carboxylic acid groups (broad SMARTS) is 1. The number of carboxylic acids is 1. The number of alkyl halides is 3. The Balaban J connectivity index is 1.37. The van der Waals surface area contributed by atoms with Crippen LogP contribution in [0.2, 0.25) is 0 Å². The molecule has 1 aromatic heterocycles. The first-order chi connectivity index (χ1) is 15.7. The van der Waals surface area contributed by atoms with E-state index in [1.165, 1.54) is 23.5 Å². The van der Waals surface area contributed by atoms with Gasteiger partial charge in [0.2, 0.25) is 5.91 Å². The molecule has 1 aliphatic rings. The summed E-state index contributed by atoms with van der Waals surface area (Å²) in [6.07, 6.45) is -3.05. The van der Waals surface area contributed by atoms with Gasteiger partial charge in [-0.3, -0.25) is 9.59 Å². The van der Waals surface area contributed by atoms with Crippen molar-refractivity contribution in [2.45, 2.75) is 38.4 Å². The molecule has 0 saturated heterocycles. The van der Waals surface area contributed by atoms with Gasteiger partial charge in [0.1, 0.15) is 0 Å². The van der Waals surface area contributed by atoms with Crippen molar-refractivity contribution in [2.24, 2.45) is 0 Å². The second kappa shape index (κ2) is 9.35. The summed E-state index contributed by atoms with van der Waals surface area (Å²) in [7, 11) is 0. The number of fused-ring (bicyclic) bond motifs is 1. The number of aryl methyl sites for hydroxylation is 1. The zero-order valence-electron chi connectivity index (χ0n) is 17.6. The molecule has 0 bridgehead atoms. The molecule has 1 amide bonds. The highest BCUT2D eigenvalue weighted by Gasteiger charge is 2.30. The van der Waals surface area contributed by atoms with E-state index in [-0.39, 0.29) is 18.7 Å². The maximum atomic E-state index is 12.8. The number of rotatable bonds is 6. The van der Waals surface area contributed by atoms with Crippen molar-refractivity contribution in [1.29, 1.82) is 0 Å². The van der Waals surface area contributed by atoms with E-state index in [0.29, 0.717) is 31.5 Å². The number of benzene rings is 2. The van der Waals surface area contributed by atoms with Gasteiger partial charge in [-0.25, -0.2) is 4.98 Å². The van der Waals surface area contributed by atoms with Gasteiger partial charge in [0.15, 0.2) is 0 Å². The molecular weight excluding hydrogens is 453 g/mol. The van der Waals surface area contributed by atoms with Crippen LogP contribution < -0.4 is 0 Å². The number of aromatic nitrogens is 1. The molecule has 4 rings (SSSR count). The van der Waals surface area contributed by atoms with Crippen LogP contribution in [0.1, 0.15) is 33.1 Å². The number of amides is 1. The Morgan fingerprint density at radius 1 is 1.03 bits per heavy atom. The van der Waals surface area contributed by atoms with E-state index in [9.17, 15) is 22.8 Å². The lowest BCUT2D eigenvalue weighted by atomic mass is 10.0. The van der Waals surface area contributed by atoms with Gasteiger partial charge in [0.25, 0.3) is 0 Å². The maximum absolute atomic E-state index is 12.8. The van der Waals surface area contributed by atoms with Crippen molar-refractivity contribution in [1.82, 2.24) is 9.88 Å². The molecular formula is C24H21F3N2O3S. The lowest BCUT2D eigenvalue weighted by Gasteiger charge is -2.26. The Morgan fingerprint density at radius 2 is 1.67 bits per heavy atom. The molecule has 1 aliphatic heterocycles. The van der Waals surface area contributed by atoms with Crippen LogP contribution in [0.5, 0.6) is 0 Å². The fourth-order valence-electron chi connectivity index (χ4n) is 3.74. The normalized spacial score (nSPS) is 13.6. The average molecular weight is 475 g/mol. The van der Waals surface area contributed by atoms with E-state index in [2.05, 4.69) is 4.98 Å². The smallest absolute Gasteiger partial charge is 0.416 e. The third kappa shape index (κ3) is 5.60. The van der Waals surface area contributed by atoms with Crippen molar-refractivity contribution < 1.29 is 27.9 Å². The van der Waals surface area contributed by atoms with Crippen LogP contribution in [0.15, 0.2) is 48.5 Å². The molecule has 0 saturated carbocycles. The number of aliphatic carboxylic acids is 1. The fraction of sp³-hybridized carbons (Fsp3) is 0.292. The minimum atomic E-state index is -4.36. The Bertz CT molecular complexity index is 1160. The first-order valence-electron chi connectivity index (χ1n) is 10.4. The molecule has 33 heavy (non-hydrogen) atoms. The molecule has 172 valence electrons. The molecule has 9 heteroatoms. The van der Waals surface area contributed by atoms with Crippen molar-refractivity contribution in [2.75, 3.05) is 6.54 Å². The summed E-state index contributed by atoms with van der Waals surface area (Å²) in [5.74, 6) is -0.868. The predicted octanol–water partition coefficient (Wildman–Crippen LogP) is 4.97. The quantitative estimate of drug-likeness (QED) is 0.548. The lowest BCUT2D eigenvalue weighted by Crippen LogP contribution is -2.36. The van der Waals surface area contributed by atoms with E-state index in [1.54, 1.807) is 17.0 Å². The summed E-state index contributed by atoms with van der Waals surface area (Å²) in [6, 6.07) is 12.2. The molecule has 0 unspecified atom stereocenters. The van der Waals surface area contributed by atoms with Crippen LogP contribution in [-0.4, -0.2) is 33.4 Å². The van der Waals surface area contributed by atoms with Gasteiger partial charge >= 0.3 is 12.1 Å². The second-order valence-corrected chi connectivity index (χ2v) is 9.05. The zero-order chi connectivity index (χ0) is 23.6. The number of hydrogen-bond donors (Lipinski definition) is 1. The van der Waals surface area contributed by atoms with Crippen LogP contribution in [0.4, 0.5) is 13.2 Å². The van der Waals surface area contributed by atoms with Gasteiger partial charge in [-0.1, -0.05) is 36.4 Å². The summed E-state index contributed by atoms with van der Waals surface area (Å²) in [6.45, 7) is 1.04. The van der Waals surface area contributed by atoms with Crippen LogP contribution in [0.25, 0.3) is 11.1 Å². The summed E-state index contributed by atoms with van der Waals surface area (Å²) in [5, 5.41) is 9.63. The highest BCUT2D eigenvalue weighted by Crippen LogP contribution is 2.31. The summed E-state index contributed by atoms with van der Waals surface area (Å²) >= 11 is 1.47. The van der Waals surface area contributed by atoms with Crippen LogP contribution in [0.3, 0.4) is 0 Å². The molecule has 5 nitrogen and oxygen atoms in total. The van der Waals surface area contributed by atoms with Crippen molar-refractivity contribution in [3.8, 4) is 11.1 Å². The molecule has 3 aromatic rings. The Labute approximate surface area is 192 Å². The first-order valence-corrected chi connectivity index (χ1v) is 11.2. The van der Waals surface area contributed by atoms with Gasteiger partial charge in [-0.05, 0) is 28.8 Å². The third-order valence-corrected chi connectivity index (χ3v) is 6.68. The van der Waals surface area contributed by atoms with E-state index >= 15 is 0 Å². The van der Waals surface area contributed by atoms with Crippen molar-refractivity contribution >= 4 is 23.2 Å². The fourth-order valence-corrected chi connectivity index (χ4v) is 4.87. The number of hydrogen-bond acceptors (Lipinski definition) is 4. The van der Waals surface area contributed by atoms with E-state index in [1.807, 2.05) is 12.1 Å². The summed E-state index contributed by atoms with van der Waals surface area (Å²) < 4.78 is 38.2. The minimum absolute atomic E-state index is 0.0107. The topological polar surface area (TPSA) is 70.5 Å². The number of carbonyl (C=O) groups excluding carboxylic acids is 1. The minimum Gasteiger partial charge on any atom is -0.481 e. The Hall–Kier alpha value is -3.20. The highest BCUT2D eigenvalue weighted by molar-refractivity contribution is 7.11. The zero-order valence-corrected chi connectivity index (χ0v) is 18.4. The van der Waals surface area contributed by atoms with Gasteiger partial charge in [0.05, 0.1) is 35.7 Å². The summed E-state index contributed by atoms with van der Waals surface area (Å²) in [4.78, 5) is 30.9. The number of carbonyl (C=O) groups is 2. The molecule has 0 fully saturated rings. The molecule has 0 spiro atoms. The SMILES string of the molecule is O=C(O)CCc1nc2c(s1)CN(C(=O)Cc1ccc(-c3ccc(C(F)(F)F)cc3)cc1)CC2. The van der Waals surface area contributed by atoms with Crippen LogP contribution in [-0.2, 0) is 41.6 Å². The van der Waals surface area contributed by atoms with Gasteiger partial charge in [-0.2, -0.15) is 13.2 Å². The maximum Gasteiger partial charge on any atom is 0.416 e. The van der Waals surface area contributed by atoms with E-state index in [4.69, 9.17) is 5.11 Å². The molecule has 2 aromatic carbocycles.